The van der Waals surface area contributed by atoms with E-state index in [9.17, 15) is 27.6 Å². The zero-order valence-electron chi connectivity index (χ0n) is 17.6. The first-order valence-electron chi connectivity index (χ1n) is 9.48. The molecule has 2 aromatic heterocycles. The summed E-state index contributed by atoms with van der Waals surface area (Å²) in [5.41, 5.74) is -2.38. The van der Waals surface area contributed by atoms with E-state index in [4.69, 9.17) is 0 Å². The Balaban J connectivity index is 1.97. The van der Waals surface area contributed by atoms with Crippen molar-refractivity contribution in [3.8, 4) is 0 Å². The Morgan fingerprint density at radius 2 is 1.78 bits per heavy atom. The van der Waals surface area contributed by atoms with Crippen LogP contribution in [0.4, 0.5) is 18.9 Å². The van der Waals surface area contributed by atoms with Gasteiger partial charge < -0.3 is 5.32 Å². The number of hydrogen-bond acceptors (Lipinski definition) is 6. The second-order valence-electron chi connectivity index (χ2n) is 7.33. The summed E-state index contributed by atoms with van der Waals surface area (Å²) in [6.45, 7) is 3.66. The number of alkyl halides is 3. The van der Waals surface area contributed by atoms with Crippen LogP contribution in [0.2, 0.25) is 0 Å². The van der Waals surface area contributed by atoms with Gasteiger partial charge in [0, 0.05) is 20.0 Å². The van der Waals surface area contributed by atoms with Gasteiger partial charge in [-0.3, -0.25) is 18.7 Å². The van der Waals surface area contributed by atoms with E-state index in [1.54, 1.807) is 0 Å². The number of halogens is 3. The molecule has 3 aromatic rings. The fourth-order valence-electron chi connectivity index (χ4n) is 2.97. The number of nitrogens with zero attached hydrogens (tertiary/aromatic N) is 4. The van der Waals surface area contributed by atoms with Gasteiger partial charge in [-0.05, 0) is 12.1 Å². The Labute approximate surface area is 184 Å². The van der Waals surface area contributed by atoms with Crippen LogP contribution in [-0.2, 0) is 25.1 Å². The largest absolute Gasteiger partial charge is 0.418 e. The minimum atomic E-state index is -4.62. The van der Waals surface area contributed by atoms with E-state index >= 15 is 0 Å². The summed E-state index contributed by atoms with van der Waals surface area (Å²) >= 11 is 0.887. The summed E-state index contributed by atoms with van der Waals surface area (Å²) in [6, 6.07) is 4.65. The Morgan fingerprint density at radius 1 is 1.12 bits per heavy atom. The predicted molar refractivity (Wildman–Crippen MR) is 115 cm³/mol. The molecule has 12 heteroatoms. The summed E-state index contributed by atoms with van der Waals surface area (Å²) in [7, 11) is 2.78. The molecule has 1 N–H and O–H groups in total. The van der Waals surface area contributed by atoms with Crippen LogP contribution in [0.25, 0.3) is 11.0 Å². The van der Waals surface area contributed by atoms with Crippen molar-refractivity contribution in [1.82, 2.24) is 19.1 Å². The van der Waals surface area contributed by atoms with Gasteiger partial charge in [-0.25, -0.2) is 14.8 Å². The Morgan fingerprint density at radius 3 is 2.41 bits per heavy atom. The van der Waals surface area contributed by atoms with Crippen molar-refractivity contribution in [2.45, 2.75) is 31.0 Å². The fourth-order valence-corrected chi connectivity index (χ4v) is 3.79. The lowest BCUT2D eigenvalue weighted by Crippen LogP contribution is -2.38. The van der Waals surface area contributed by atoms with E-state index in [2.05, 4.69) is 15.3 Å². The van der Waals surface area contributed by atoms with Crippen molar-refractivity contribution in [2.24, 2.45) is 14.1 Å². The number of anilines is 1. The van der Waals surface area contributed by atoms with Gasteiger partial charge in [-0.2, -0.15) is 13.2 Å². The third kappa shape index (κ3) is 4.54. The molecule has 1 aromatic carbocycles. The molecular weight excluding hydrogens is 447 g/mol. The third-order valence-electron chi connectivity index (χ3n) is 4.65. The highest BCUT2D eigenvalue weighted by molar-refractivity contribution is 8.00. The topological polar surface area (TPSA) is 98.9 Å². The molecule has 0 bridgehead atoms. The third-order valence-corrected chi connectivity index (χ3v) is 5.62. The molecule has 170 valence electrons. The van der Waals surface area contributed by atoms with Crippen LogP contribution in [0.5, 0.6) is 0 Å². The van der Waals surface area contributed by atoms with Crippen LogP contribution in [-0.4, -0.2) is 30.8 Å². The van der Waals surface area contributed by atoms with Crippen LogP contribution >= 0.6 is 11.8 Å². The Bertz CT molecular complexity index is 1310. The van der Waals surface area contributed by atoms with E-state index in [1.807, 2.05) is 13.8 Å². The molecule has 0 saturated carbocycles. The average molecular weight is 467 g/mol. The van der Waals surface area contributed by atoms with Gasteiger partial charge in [0.15, 0.2) is 5.65 Å². The van der Waals surface area contributed by atoms with E-state index in [0.717, 1.165) is 28.5 Å². The first kappa shape index (κ1) is 23.5. The van der Waals surface area contributed by atoms with Crippen molar-refractivity contribution in [2.75, 3.05) is 11.1 Å². The molecule has 0 aliphatic heterocycles. The number of carbonyl (C=O) groups is 1. The lowest BCUT2D eigenvalue weighted by atomic mass is 10.1. The van der Waals surface area contributed by atoms with Gasteiger partial charge in [0.1, 0.15) is 16.2 Å². The number of nitrogens with one attached hydrogen (secondary N) is 1. The van der Waals surface area contributed by atoms with Crippen LogP contribution in [0.15, 0.2) is 38.9 Å². The number of aromatic nitrogens is 4. The quantitative estimate of drug-likeness (QED) is 0.458. The minimum absolute atomic E-state index is 0.0625. The molecule has 0 fully saturated rings. The lowest BCUT2D eigenvalue weighted by molar-refractivity contribution is -0.137. The van der Waals surface area contributed by atoms with Crippen LogP contribution in [0.1, 0.15) is 31.2 Å². The molecule has 1 amide bonds. The number of aryl methyl sites for hydroxylation is 1. The number of fused-ring (bicyclic) bond motifs is 1. The zero-order valence-corrected chi connectivity index (χ0v) is 18.5. The van der Waals surface area contributed by atoms with E-state index in [0.29, 0.717) is 5.82 Å². The minimum Gasteiger partial charge on any atom is -0.325 e. The summed E-state index contributed by atoms with van der Waals surface area (Å²) in [6.07, 6.45) is -4.62. The number of rotatable bonds is 5. The summed E-state index contributed by atoms with van der Waals surface area (Å²) < 4.78 is 41.6. The number of amides is 1. The molecule has 0 aliphatic carbocycles. The number of carbonyl (C=O) groups excluding carboxylic acids is 1. The molecule has 32 heavy (non-hydrogen) atoms. The number of benzene rings is 1. The molecule has 8 nitrogen and oxygen atoms in total. The summed E-state index contributed by atoms with van der Waals surface area (Å²) in [5.74, 6) is -0.773. The molecule has 2 heterocycles. The van der Waals surface area contributed by atoms with Crippen molar-refractivity contribution in [1.29, 1.82) is 0 Å². The average Bonchev–Trinajstić information content (AvgIpc) is 2.73. The summed E-state index contributed by atoms with van der Waals surface area (Å²) in [5, 5.41) is 2.50. The first-order chi connectivity index (χ1) is 14.9. The molecular formula is C20H20F3N5O3S. The van der Waals surface area contributed by atoms with Crippen LogP contribution in [0, 0.1) is 0 Å². The number of thioether (sulfide) groups is 1. The van der Waals surface area contributed by atoms with Crippen molar-refractivity contribution < 1.29 is 18.0 Å². The second kappa shape index (κ2) is 8.77. The highest BCUT2D eigenvalue weighted by Gasteiger charge is 2.33. The second-order valence-corrected chi connectivity index (χ2v) is 8.29. The van der Waals surface area contributed by atoms with E-state index in [-0.39, 0.29) is 33.4 Å². The summed E-state index contributed by atoms with van der Waals surface area (Å²) in [4.78, 5) is 46.1. The van der Waals surface area contributed by atoms with Gasteiger partial charge in [-0.1, -0.05) is 37.7 Å². The molecule has 0 atom stereocenters. The first-order valence-corrected chi connectivity index (χ1v) is 10.5. The normalized spacial score (nSPS) is 11.9. The van der Waals surface area contributed by atoms with E-state index in [1.165, 1.54) is 30.8 Å². The highest BCUT2D eigenvalue weighted by Crippen LogP contribution is 2.34. The standard InChI is InChI=1S/C20H20F3N5O3S/c1-10(2)15-25-16-14(18(30)28(4)19(31)27(16)3)17(26-15)32-9-13(29)24-12-8-6-5-7-11(12)20(21,22)23/h5-8,10H,9H2,1-4H3,(H,24,29). The van der Waals surface area contributed by atoms with Gasteiger partial charge >= 0.3 is 11.9 Å². The molecule has 0 saturated heterocycles. The SMILES string of the molecule is CC(C)c1nc(SCC(=O)Nc2ccccc2C(F)(F)F)c2c(=O)n(C)c(=O)n(C)c2n1. The van der Waals surface area contributed by atoms with Crippen LogP contribution in [0.3, 0.4) is 0 Å². The fraction of sp³-hybridized carbons (Fsp3) is 0.350. The maximum absolute atomic E-state index is 13.2. The molecule has 0 radical (unpaired) electrons. The van der Waals surface area contributed by atoms with Gasteiger partial charge in [0.2, 0.25) is 5.91 Å². The lowest BCUT2D eigenvalue weighted by Gasteiger charge is -2.14. The maximum atomic E-state index is 13.2. The molecule has 3 rings (SSSR count). The van der Waals surface area contributed by atoms with Crippen molar-refractivity contribution in [3.05, 3.63) is 56.5 Å². The monoisotopic (exact) mass is 467 g/mol. The number of hydrogen-bond donors (Lipinski definition) is 1. The van der Waals surface area contributed by atoms with Gasteiger partial charge in [-0.15, -0.1) is 0 Å². The van der Waals surface area contributed by atoms with Crippen molar-refractivity contribution >= 4 is 34.4 Å². The van der Waals surface area contributed by atoms with Gasteiger partial charge in [0.05, 0.1) is 17.0 Å². The highest BCUT2D eigenvalue weighted by atomic mass is 32.2. The van der Waals surface area contributed by atoms with Crippen LogP contribution < -0.4 is 16.6 Å². The molecule has 0 spiro atoms. The molecule has 0 unspecified atom stereocenters. The van der Waals surface area contributed by atoms with Gasteiger partial charge in [0.25, 0.3) is 5.56 Å². The molecule has 0 aliphatic rings. The number of para-hydroxylation sites is 1. The van der Waals surface area contributed by atoms with E-state index < -0.39 is 28.9 Å². The Kier molecular flexibility index (Phi) is 6.44. The Hall–Kier alpha value is -3.15. The smallest absolute Gasteiger partial charge is 0.325 e. The maximum Gasteiger partial charge on any atom is 0.418 e. The van der Waals surface area contributed by atoms with Crippen molar-refractivity contribution in [3.63, 3.8) is 0 Å². The predicted octanol–water partition coefficient (Wildman–Crippen LogP) is 2.90. The zero-order chi connectivity index (χ0) is 23.8.